The van der Waals surface area contributed by atoms with Crippen molar-refractivity contribution in [2.24, 2.45) is 0 Å². The number of hydrogen-bond acceptors (Lipinski definition) is 4. The summed E-state index contributed by atoms with van der Waals surface area (Å²) in [6, 6.07) is 21.0. The van der Waals surface area contributed by atoms with Crippen molar-refractivity contribution in [1.29, 1.82) is 0 Å². The van der Waals surface area contributed by atoms with Crippen LogP contribution in [0.2, 0.25) is 0 Å². The third-order valence-electron chi connectivity index (χ3n) is 4.79. The highest BCUT2D eigenvalue weighted by Gasteiger charge is 2.11. The van der Waals surface area contributed by atoms with Crippen LogP contribution >= 0.6 is 15.9 Å². The second-order valence-corrected chi connectivity index (χ2v) is 8.21. The summed E-state index contributed by atoms with van der Waals surface area (Å²) in [5, 5.41) is 2.85. The van der Waals surface area contributed by atoms with Gasteiger partial charge < -0.3 is 19.5 Å². The van der Waals surface area contributed by atoms with Gasteiger partial charge in [-0.15, -0.1) is 0 Å². The first-order valence-electron chi connectivity index (χ1n) is 10.8. The van der Waals surface area contributed by atoms with Crippen LogP contribution in [0.15, 0.2) is 77.3 Å². The first-order chi connectivity index (χ1) is 16.1. The topological polar surface area (TPSA) is 56.8 Å². The molecule has 0 unspecified atom stereocenters. The van der Waals surface area contributed by atoms with Crippen LogP contribution < -0.4 is 19.5 Å². The summed E-state index contributed by atoms with van der Waals surface area (Å²) in [6.07, 6.45) is 5.32. The highest BCUT2D eigenvalue weighted by atomic mass is 79.9. The number of nitrogens with one attached hydrogen (secondary N) is 1. The average Bonchev–Trinajstić information content (AvgIpc) is 2.83. The van der Waals surface area contributed by atoms with Crippen LogP contribution in [0.4, 0.5) is 5.69 Å². The van der Waals surface area contributed by atoms with Gasteiger partial charge in [0, 0.05) is 11.8 Å². The van der Waals surface area contributed by atoms with Gasteiger partial charge in [0.25, 0.3) is 0 Å². The molecular formula is C27H28BrNO4. The Morgan fingerprint density at radius 1 is 1.03 bits per heavy atom. The Labute approximate surface area is 203 Å². The molecule has 0 aromatic heterocycles. The quantitative estimate of drug-likeness (QED) is 0.226. The van der Waals surface area contributed by atoms with Gasteiger partial charge in [-0.1, -0.05) is 43.7 Å². The van der Waals surface area contributed by atoms with Crippen molar-refractivity contribution in [1.82, 2.24) is 0 Å². The predicted molar refractivity (Wildman–Crippen MR) is 136 cm³/mol. The number of methoxy groups -OCH3 is 1. The fourth-order valence-electron chi connectivity index (χ4n) is 3.03. The Morgan fingerprint density at radius 3 is 2.48 bits per heavy atom. The molecule has 0 spiro atoms. The van der Waals surface area contributed by atoms with Gasteiger partial charge in [-0.05, 0) is 76.0 Å². The SMILES string of the molecule is CCCCOc1ccc(NC(=O)C=Cc2cc(Br)c(OCc3ccccc3)c(OC)c2)cc1. The third-order valence-corrected chi connectivity index (χ3v) is 5.38. The number of halogens is 1. The molecule has 1 amide bonds. The van der Waals surface area contributed by atoms with Crippen molar-refractivity contribution in [3.05, 3.63) is 88.4 Å². The maximum Gasteiger partial charge on any atom is 0.248 e. The van der Waals surface area contributed by atoms with Crippen molar-refractivity contribution < 1.29 is 19.0 Å². The zero-order chi connectivity index (χ0) is 23.5. The van der Waals surface area contributed by atoms with Gasteiger partial charge in [0.05, 0.1) is 18.2 Å². The van der Waals surface area contributed by atoms with E-state index in [2.05, 4.69) is 28.2 Å². The standard InChI is InChI=1S/C27H28BrNO4/c1-3-4-16-32-23-13-11-22(12-14-23)29-26(30)15-10-21-17-24(28)27(25(18-21)31-2)33-19-20-8-6-5-7-9-20/h5-15,17-18H,3-4,16,19H2,1-2H3,(H,29,30). The summed E-state index contributed by atoms with van der Waals surface area (Å²) < 4.78 is 17.9. The van der Waals surface area contributed by atoms with Crippen LogP contribution in [-0.4, -0.2) is 19.6 Å². The van der Waals surface area contributed by atoms with Crippen molar-refractivity contribution >= 4 is 33.6 Å². The van der Waals surface area contributed by atoms with E-state index >= 15 is 0 Å². The largest absolute Gasteiger partial charge is 0.494 e. The Balaban J connectivity index is 1.60. The molecule has 172 valence electrons. The minimum atomic E-state index is -0.228. The number of benzene rings is 3. The van der Waals surface area contributed by atoms with Gasteiger partial charge in [0.15, 0.2) is 11.5 Å². The smallest absolute Gasteiger partial charge is 0.248 e. The Bertz CT molecular complexity index is 1070. The number of carbonyl (C=O) groups excluding carboxylic acids is 1. The van der Waals surface area contributed by atoms with Crippen molar-refractivity contribution in [3.63, 3.8) is 0 Å². The lowest BCUT2D eigenvalue weighted by molar-refractivity contribution is -0.111. The molecule has 3 aromatic rings. The summed E-state index contributed by atoms with van der Waals surface area (Å²) >= 11 is 3.55. The number of carbonyl (C=O) groups is 1. The number of rotatable bonds is 11. The normalized spacial score (nSPS) is 10.8. The number of anilines is 1. The zero-order valence-corrected chi connectivity index (χ0v) is 20.4. The van der Waals surface area contributed by atoms with E-state index in [1.54, 1.807) is 13.2 Å². The van der Waals surface area contributed by atoms with Gasteiger partial charge >= 0.3 is 0 Å². The van der Waals surface area contributed by atoms with Crippen LogP contribution in [0.3, 0.4) is 0 Å². The van der Waals surface area contributed by atoms with E-state index in [0.29, 0.717) is 30.4 Å². The zero-order valence-electron chi connectivity index (χ0n) is 18.8. The molecule has 5 nitrogen and oxygen atoms in total. The van der Waals surface area contributed by atoms with Crippen LogP contribution in [0, 0.1) is 0 Å². The number of unbranched alkanes of at least 4 members (excludes halogenated alkanes) is 1. The minimum Gasteiger partial charge on any atom is -0.494 e. The van der Waals surface area contributed by atoms with E-state index in [1.165, 1.54) is 6.08 Å². The maximum atomic E-state index is 12.4. The van der Waals surface area contributed by atoms with Crippen LogP contribution in [-0.2, 0) is 11.4 Å². The van der Waals surface area contributed by atoms with Crippen molar-refractivity contribution in [2.75, 3.05) is 19.0 Å². The molecule has 0 bridgehead atoms. The molecule has 0 atom stereocenters. The molecule has 6 heteroatoms. The molecular weight excluding hydrogens is 482 g/mol. The van der Waals surface area contributed by atoms with Crippen LogP contribution in [0.25, 0.3) is 6.08 Å². The van der Waals surface area contributed by atoms with E-state index in [1.807, 2.05) is 66.7 Å². The summed E-state index contributed by atoms with van der Waals surface area (Å²) in [4.78, 5) is 12.4. The van der Waals surface area contributed by atoms with Gasteiger partial charge in [-0.3, -0.25) is 4.79 Å². The first-order valence-corrected chi connectivity index (χ1v) is 11.6. The van der Waals surface area contributed by atoms with E-state index in [0.717, 1.165) is 34.2 Å². The van der Waals surface area contributed by atoms with Crippen molar-refractivity contribution in [3.8, 4) is 17.2 Å². The lowest BCUT2D eigenvalue weighted by Crippen LogP contribution is -2.07. The highest BCUT2D eigenvalue weighted by molar-refractivity contribution is 9.10. The molecule has 0 fully saturated rings. The number of amides is 1. The third kappa shape index (κ3) is 7.68. The van der Waals surface area contributed by atoms with Gasteiger partial charge in [0.1, 0.15) is 12.4 Å². The second kappa shape index (κ2) is 12.7. The summed E-state index contributed by atoms with van der Waals surface area (Å²) in [6.45, 7) is 3.24. The first kappa shape index (κ1) is 24.4. The van der Waals surface area contributed by atoms with E-state index in [9.17, 15) is 4.79 Å². The highest BCUT2D eigenvalue weighted by Crippen LogP contribution is 2.37. The molecule has 1 N–H and O–H groups in total. The molecule has 33 heavy (non-hydrogen) atoms. The monoisotopic (exact) mass is 509 g/mol. The fourth-order valence-corrected chi connectivity index (χ4v) is 3.60. The van der Waals surface area contributed by atoms with Gasteiger partial charge in [0.2, 0.25) is 5.91 Å². The molecule has 3 rings (SSSR count). The molecule has 0 radical (unpaired) electrons. The predicted octanol–water partition coefficient (Wildman–Crippen LogP) is 6.87. The van der Waals surface area contributed by atoms with E-state index < -0.39 is 0 Å². The minimum absolute atomic E-state index is 0.228. The Hall–Kier alpha value is -3.25. The maximum absolute atomic E-state index is 12.4. The average molecular weight is 510 g/mol. The van der Waals surface area contributed by atoms with Crippen molar-refractivity contribution in [2.45, 2.75) is 26.4 Å². The van der Waals surface area contributed by atoms with Crippen LogP contribution in [0.5, 0.6) is 17.2 Å². The van der Waals surface area contributed by atoms with E-state index in [4.69, 9.17) is 14.2 Å². The number of ether oxygens (including phenoxy) is 3. The molecule has 0 saturated carbocycles. The summed E-state index contributed by atoms with van der Waals surface area (Å²) in [7, 11) is 1.59. The molecule has 0 aliphatic carbocycles. The lowest BCUT2D eigenvalue weighted by Gasteiger charge is -2.13. The number of hydrogen-bond donors (Lipinski definition) is 1. The Morgan fingerprint density at radius 2 is 1.79 bits per heavy atom. The second-order valence-electron chi connectivity index (χ2n) is 7.36. The van der Waals surface area contributed by atoms with Crippen LogP contribution in [0.1, 0.15) is 30.9 Å². The Kier molecular flexibility index (Phi) is 9.39. The molecule has 3 aromatic carbocycles. The molecule has 0 aliphatic rings. The summed E-state index contributed by atoms with van der Waals surface area (Å²) in [5.74, 6) is 1.76. The van der Waals surface area contributed by atoms with E-state index in [-0.39, 0.29) is 5.91 Å². The van der Waals surface area contributed by atoms with Gasteiger partial charge in [-0.25, -0.2) is 0 Å². The molecule has 0 saturated heterocycles. The van der Waals surface area contributed by atoms with Gasteiger partial charge in [-0.2, -0.15) is 0 Å². The lowest BCUT2D eigenvalue weighted by atomic mass is 10.2. The summed E-state index contributed by atoms with van der Waals surface area (Å²) in [5.41, 5.74) is 2.57. The molecule has 0 heterocycles. The molecule has 0 aliphatic heterocycles. The fraction of sp³-hybridized carbons (Fsp3) is 0.222.